The first-order chi connectivity index (χ1) is 30.7. The minimum atomic E-state index is -0.540. The van der Waals surface area contributed by atoms with E-state index in [1.807, 2.05) is 18.2 Å². The van der Waals surface area contributed by atoms with Crippen molar-refractivity contribution in [1.82, 2.24) is 9.97 Å². The van der Waals surface area contributed by atoms with Crippen LogP contribution in [-0.2, 0) is 5.41 Å². The Balaban J connectivity index is 1.03. The summed E-state index contributed by atoms with van der Waals surface area (Å²) in [4.78, 5) is 10.7. The van der Waals surface area contributed by atoms with Gasteiger partial charge in [-0.1, -0.05) is 182 Å². The summed E-state index contributed by atoms with van der Waals surface area (Å²) in [6.45, 7) is 0. The van der Waals surface area contributed by atoms with Gasteiger partial charge < -0.3 is 4.42 Å². The number of furan rings is 1. The van der Waals surface area contributed by atoms with Crippen LogP contribution in [0.4, 0.5) is 0 Å². The summed E-state index contributed by atoms with van der Waals surface area (Å²) in [5.74, 6) is 0.677. The van der Waals surface area contributed by atoms with Gasteiger partial charge in [0.2, 0.25) is 0 Å². The first-order valence-electron chi connectivity index (χ1n) is 21.2. The highest BCUT2D eigenvalue weighted by Crippen LogP contribution is 2.61. The molecular weight excluding hydrogens is 753 g/mol. The number of aromatic nitrogens is 2. The van der Waals surface area contributed by atoms with Gasteiger partial charge in [0.25, 0.3) is 0 Å². The van der Waals surface area contributed by atoms with Crippen LogP contribution in [0.2, 0.25) is 0 Å². The van der Waals surface area contributed by atoms with Gasteiger partial charge in [0.05, 0.1) is 16.8 Å². The molecule has 3 heteroatoms. The molecule has 0 saturated heterocycles. The van der Waals surface area contributed by atoms with Crippen LogP contribution in [0.15, 0.2) is 223 Å². The fraction of sp³-hybridized carbons (Fsp3) is 0.0169. The SMILES string of the molecule is c1ccc(-c2ccc(-c3nc(-c4ccc5c(c4)-c4ccccc4C54c5ccccc5-c5ccccc5-c5ccccc54)cc(-c4ccc5oc6ccccc6c5c4)n3)cc2)cc1. The Labute approximate surface area is 359 Å². The monoisotopic (exact) mass is 788 g/mol. The molecule has 0 bridgehead atoms. The van der Waals surface area contributed by atoms with Crippen molar-refractivity contribution in [1.29, 1.82) is 0 Å². The van der Waals surface area contributed by atoms with Crippen molar-refractivity contribution in [3.63, 3.8) is 0 Å². The van der Waals surface area contributed by atoms with E-state index >= 15 is 0 Å². The van der Waals surface area contributed by atoms with E-state index in [-0.39, 0.29) is 0 Å². The molecule has 2 heterocycles. The van der Waals surface area contributed by atoms with E-state index in [4.69, 9.17) is 14.4 Å². The minimum absolute atomic E-state index is 0.540. The van der Waals surface area contributed by atoms with Crippen LogP contribution in [0, 0.1) is 0 Å². The number of fused-ring (bicyclic) bond motifs is 15. The molecular formula is C59H36N2O. The Morgan fingerprint density at radius 1 is 0.290 bits per heavy atom. The van der Waals surface area contributed by atoms with Gasteiger partial charge in [0.15, 0.2) is 5.82 Å². The maximum atomic E-state index is 6.23. The van der Waals surface area contributed by atoms with Crippen molar-refractivity contribution >= 4 is 21.9 Å². The van der Waals surface area contributed by atoms with E-state index in [2.05, 4.69) is 200 Å². The Morgan fingerprint density at radius 3 is 1.40 bits per heavy atom. The zero-order valence-electron chi connectivity index (χ0n) is 33.6. The second-order valence-corrected chi connectivity index (χ2v) is 16.4. The summed E-state index contributed by atoms with van der Waals surface area (Å²) >= 11 is 0. The van der Waals surface area contributed by atoms with Crippen molar-refractivity contribution in [2.45, 2.75) is 5.41 Å². The fourth-order valence-electron chi connectivity index (χ4n) is 10.4. The van der Waals surface area contributed by atoms with E-state index in [1.54, 1.807) is 0 Å². The predicted octanol–water partition coefficient (Wildman–Crippen LogP) is 15.1. The van der Waals surface area contributed by atoms with Crippen LogP contribution in [0.1, 0.15) is 22.3 Å². The third-order valence-corrected chi connectivity index (χ3v) is 13.2. The number of rotatable bonds is 4. The maximum Gasteiger partial charge on any atom is 0.160 e. The number of nitrogens with zero attached hydrogens (tertiary/aromatic N) is 2. The molecule has 2 aliphatic carbocycles. The lowest BCUT2D eigenvalue weighted by Gasteiger charge is -2.35. The molecule has 0 unspecified atom stereocenters. The second kappa shape index (κ2) is 13.4. The van der Waals surface area contributed by atoms with Crippen molar-refractivity contribution in [3.05, 3.63) is 241 Å². The number of benzene rings is 9. The van der Waals surface area contributed by atoms with Gasteiger partial charge >= 0.3 is 0 Å². The van der Waals surface area contributed by atoms with Gasteiger partial charge in [-0.3, -0.25) is 0 Å². The van der Waals surface area contributed by atoms with Crippen molar-refractivity contribution in [2.75, 3.05) is 0 Å². The summed E-state index contributed by atoms with van der Waals surface area (Å²) in [7, 11) is 0. The van der Waals surface area contributed by atoms with Gasteiger partial charge in [-0.25, -0.2) is 9.97 Å². The summed E-state index contributed by atoms with van der Waals surface area (Å²) in [6.07, 6.45) is 0. The molecule has 9 aromatic carbocycles. The molecule has 11 aromatic rings. The molecule has 0 fully saturated rings. The predicted molar refractivity (Wildman–Crippen MR) is 253 cm³/mol. The molecule has 0 saturated carbocycles. The smallest absolute Gasteiger partial charge is 0.160 e. The molecule has 2 aliphatic rings. The van der Waals surface area contributed by atoms with E-state index in [1.165, 1.54) is 61.2 Å². The highest BCUT2D eigenvalue weighted by Gasteiger charge is 2.49. The third kappa shape index (κ3) is 5.06. The largest absolute Gasteiger partial charge is 0.456 e. The second-order valence-electron chi connectivity index (χ2n) is 16.4. The summed E-state index contributed by atoms with van der Waals surface area (Å²) in [5.41, 5.74) is 20.9. The van der Waals surface area contributed by atoms with Crippen LogP contribution in [0.5, 0.6) is 0 Å². The minimum Gasteiger partial charge on any atom is -0.456 e. The lowest BCUT2D eigenvalue weighted by molar-refractivity contribution is 0.669. The quantitative estimate of drug-likeness (QED) is 0.178. The lowest BCUT2D eigenvalue weighted by atomic mass is 9.66. The Hall–Kier alpha value is -8.14. The normalized spacial score (nSPS) is 13.0. The van der Waals surface area contributed by atoms with Crippen molar-refractivity contribution in [2.24, 2.45) is 0 Å². The Bertz CT molecular complexity index is 3510. The van der Waals surface area contributed by atoms with Crippen LogP contribution >= 0.6 is 0 Å². The van der Waals surface area contributed by atoms with Crippen molar-refractivity contribution < 1.29 is 4.42 Å². The van der Waals surface area contributed by atoms with E-state index in [0.717, 1.165) is 55.6 Å². The highest BCUT2D eigenvalue weighted by molar-refractivity contribution is 6.06. The summed E-state index contributed by atoms with van der Waals surface area (Å²) in [6, 6.07) is 78.8. The summed E-state index contributed by atoms with van der Waals surface area (Å²) in [5, 5.41) is 2.16. The summed E-state index contributed by atoms with van der Waals surface area (Å²) < 4.78 is 6.23. The fourth-order valence-corrected chi connectivity index (χ4v) is 10.4. The molecule has 0 aliphatic heterocycles. The Morgan fingerprint density at radius 2 is 0.742 bits per heavy atom. The van der Waals surface area contributed by atoms with Gasteiger partial charge in [-0.15, -0.1) is 0 Å². The van der Waals surface area contributed by atoms with Crippen molar-refractivity contribution in [3.8, 4) is 78.4 Å². The first-order valence-corrected chi connectivity index (χ1v) is 21.2. The standard InChI is InChI=1S/C59H36N2O/c1-2-14-37(15-3-1)38-26-28-39(29-27-38)58-60-54(36-55(61-58)41-31-33-57-49(35-41)47-21-9-13-25-56(47)62-57)40-30-32-53-48(34-40)46-20-8-12-24-52(46)59(53)50-22-10-6-18-44(50)42-16-4-5-17-43(42)45-19-7-11-23-51(45)59/h1-36H. The van der Waals surface area contributed by atoms with Gasteiger partial charge in [0, 0.05) is 27.5 Å². The van der Waals surface area contributed by atoms with E-state index < -0.39 is 5.41 Å². The number of hydrogen-bond donors (Lipinski definition) is 0. The lowest BCUT2D eigenvalue weighted by Crippen LogP contribution is -2.29. The zero-order chi connectivity index (χ0) is 40.8. The molecule has 3 nitrogen and oxygen atoms in total. The van der Waals surface area contributed by atoms with Gasteiger partial charge in [0.1, 0.15) is 11.2 Å². The molecule has 0 radical (unpaired) electrons. The topological polar surface area (TPSA) is 38.9 Å². The number of hydrogen-bond acceptors (Lipinski definition) is 3. The maximum absolute atomic E-state index is 6.23. The van der Waals surface area contributed by atoms with Crippen LogP contribution in [-0.4, -0.2) is 9.97 Å². The molecule has 13 rings (SSSR count). The average Bonchev–Trinajstić information content (AvgIpc) is 3.84. The van der Waals surface area contributed by atoms with Gasteiger partial charge in [-0.05, 0) is 103 Å². The first kappa shape index (κ1) is 34.7. The molecule has 288 valence electrons. The number of para-hydroxylation sites is 1. The molecule has 1 spiro atoms. The van der Waals surface area contributed by atoms with Gasteiger partial charge in [-0.2, -0.15) is 0 Å². The highest BCUT2D eigenvalue weighted by atomic mass is 16.3. The zero-order valence-corrected chi connectivity index (χ0v) is 33.6. The van der Waals surface area contributed by atoms with Crippen LogP contribution in [0.25, 0.3) is 100 Å². The third-order valence-electron chi connectivity index (χ3n) is 13.2. The van der Waals surface area contributed by atoms with Crippen LogP contribution in [0.3, 0.4) is 0 Å². The van der Waals surface area contributed by atoms with E-state index in [9.17, 15) is 0 Å². The van der Waals surface area contributed by atoms with Crippen LogP contribution < -0.4 is 0 Å². The average molecular weight is 789 g/mol. The van der Waals surface area contributed by atoms with E-state index in [0.29, 0.717) is 5.82 Å². The Kier molecular flexibility index (Phi) is 7.52. The molecule has 0 N–H and O–H groups in total. The molecule has 0 amide bonds. The molecule has 2 aromatic heterocycles. The molecule has 62 heavy (non-hydrogen) atoms. The molecule has 0 atom stereocenters.